The van der Waals surface area contributed by atoms with Gasteiger partial charge in [-0.3, -0.25) is 9.59 Å². The fourth-order valence-corrected chi connectivity index (χ4v) is 3.00. The second kappa shape index (κ2) is 8.08. The van der Waals surface area contributed by atoms with Crippen LogP contribution >= 0.6 is 24.4 Å². The Morgan fingerprint density at radius 2 is 1.87 bits per heavy atom. The van der Waals surface area contributed by atoms with E-state index in [-0.39, 0.29) is 5.91 Å². The van der Waals surface area contributed by atoms with Crippen LogP contribution in [0.2, 0.25) is 0 Å². The first-order valence-electron chi connectivity index (χ1n) is 7.11. The van der Waals surface area contributed by atoms with Gasteiger partial charge in [0, 0.05) is 26.3 Å². The minimum Gasteiger partial charge on any atom is -0.328 e. The molecule has 23 heavy (non-hydrogen) atoms. The van der Waals surface area contributed by atoms with Gasteiger partial charge < -0.3 is 10.6 Å². The first-order chi connectivity index (χ1) is 11.0. The lowest BCUT2D eigenvalue weighted by Gasteiger charge is -2.12. The first-order valence-corrected chi connectivity index (χ1v) is 8.43. The van der Waals surface area contributed by atoms with E-state index in [4.69, 9.17) is 0 Å². The van der Waals surface area contributed by atoms with E-state index in [1.165, 1.54) is 0 Å². The fraction of sp³-hybridized carbons (Fsp3) is 0.176. The third kappa shape index (κ3) is 5.04. The van der Waals surface area contributed by atoms with Gasteiger partial charge in [0.1, 0.15) is 0 Å². The van der Waals surface area contributed by atoms with Crippen LogP contribution in [0.4, 0.5) is 11.4 Å². The Labute approximate surface area is 145 Å². The summed E-state index contributed by atoms with van der Waals surface area (Å²) in [6.07, 6.45) is 0.618. The van der Waals surface area contributed by atoms with Gasteiger partial charge in [0.25, 0.3) is 5.91 Å². The van der Waals surface area contributed by atoms with Crippen LogP contribution in [0.25, 0.3) is 0 Å². The van der Waals surface area contributed by atoms with Gasteiger partial charge in [-0.25, -0.2) is 0 Å². The number of anilines is 2. The second-order valence-corrected chi connectivity index (χ2v) is 7.28. The third-order valence-corrected chi connectivity index (χ3v) is 4.32. The van der Waals surface area contributed by atoms with Crippen molar-refractivity contribution in [2.45, 2.75) is 28.9 Å². The molecular formula is C17H18N2O2S2. The van der Waals surface area contributed by atoms with E-state index < -0.39 is 0 Å². The molecule has 2 amide bonds. The predicted octanol–water partition coefficient (Wildman–Crippen LogP) is 4.30. The van der Waals surface area contributed by atoms with Crippen molar-refractivity contribution >= 4 is 48.1 Å². The largest absolute Gasteiger partial charge is 0.328 e. The van der Waals surface area contributed by atoms with Crippen LogP contribution in [-0.4, -0.2) is 17.6 Å². The molecule has 0 aromatic heterocycles. The number of amides is 2. The highest BCUT2D eigenvalue weighted by molar-refractivity contribution is 8.00. The number of rotatable bonds is 6. The molecule has 0 saturated carbocycles. The van der Waals surface area contributed by atoms with Crippen LogP contribution in [-0.2, 0) is 4.79 Å². The minimum absolute atomic E-state index is 0.230. The number of carbonyl (C=O) groups is 2. The molecule has 2 aromatic carbocycles. The summed E-state index contributed by atoms with van der Waals surface area (Å²) in [7, 11) is 0. The highest BCUT2D eigenvalue weighted by atomic mass is 32.2. The van der Waals surface area contributed by atoms with Gasteiger partial charge in [-0.15, -0.1) is 24.4 Å². The van der Waals surface area contributed by atoms with E-state index in [9.17, 15) is 9.59 Å². The van der Waals surface area contributed by atoms with Crippen molar-refractivity contribution in [1.82, 2.24) is 0 Å². The van der Waals surface area contributed by atoms with Crippen LogP contribution in [0, 0.1) is 0 Å². The lowest BCUT2D eigenvalue weighted by atomic mass is 10.2. The van der Waals surface area contributed by atoms with Gasteiger partial charge in [0.2, 0.25) is 6.41 Å². The molecule has 0 bridgehead atoms. The first kappa shape index (κ1) is 17.4. The number of hydrogen-bond donors (Lipinski definition) is 3. The van der Waals surface area contributed by atoms with Crippen LogP contribution in [0.15, 0.2) is 52.3 Å². The summed E-state index contributed by atoms with van der Waals surface area (Å²) in [4.78, 5) is 24.9. The molecular weight excluding hydrogens is 328 g/mol. The van der Waals surface area contributed by atoms with Crippen LogP contribution in [0.1, 0.15) is 24.2 Å². The summed E-state index contributed by atoms with van der Waals surface area (Å²) in [5.41, 5.74) is 1.81. The Morgan fingerprint density at radius 3 is 2.48 bits per heavy atom. The van der Waals surface area contributed by atoms with Crippen molar-refractivity contribution in [2.24, 2.45) is 0 Å². The van der Waals surface area contributed by atoms with E-state index in [1.807, 2.05) is 6.07 Å². The molecule has 0 atom stereocenters. The molecule has 0 saturated heterocycles. The Hall–Kier alpha value is -1.92. The van der Waals surface area contributed by atoms with Crippen molar-refractivity contribution in [2.75, 3.05) is 10.6 Å². The average molecular weight is 346 g/mol. The van der Waals surface area contributed by atoms with Gasteiger partial charge in [0.15, 0.2) is 0 Å². The zero-order valence-electron chi connectivity index (χ0n) is 12.9. The summed E-state index contributed by atoms with van der Waals surface area (Å²) in [5.74, 6) is -0.230. The van der Waals surface area contributed by atoms with E-state index in [1.54, 1.807) is 48.2 Å². The standard InChI is InChI=1S/C17H18N2O2S2/c1-11(2)23-16-8-3-12(9-15(16)18-10-20)17(21)19-13-4-6-14(22)7-5-13/h3-11,22H,1-2H3,(H,18,20)(H,19,21). The smallest absolute Gasteiger partial charge is 0.255 e. The monoisotopic (exact) mass is 346 g/mol. The molecule has 2 N–H and O–H groups in total. The fourth-order valence-electron chi connectivity index (χ4n) is 1.95. The van der Waals surface area contributed by atoms with Gasteiger partial charge in [0.05, 0.1) is 5.69 Å². The van der Waals surface area contributed by atoms with Crippen LogP contribution in [0.3, 0.4) is 0 Å². The molecule has 0 heterocycles. The van der Waals surface area contributed by atoms with Gasteiger partial charge in [-0.1, -0.05) is 13.8 Å². The van der Waals surface area contributed by atoms with Crippen molar-refractivity contribution in [3.05, 3.63) is 48.0 Å². The number of hydrogen-bond acceptors (Lipinski definition) is 4. The Kier molecular flexibility index (Phi) is 6.12. The molecule has 2 aromatic rings. The summed E-state index contributed by atoms with van der Waals surface area (Å²) in [5, 5.41) is 5.85. The molecule has 6 heteroatoms. The number of thioether (sulfide) groups is 1. The molecule has 0 radical (unpaired) electrons. The molecule has 0 aliphatic carbocycles. The van der Waals surface area contributed by atoms with Crippen molar-refractivity contribution < 1.29 is 9.59 Å². The van der Waals surface area contributed by atoms with E-state index in [0.29, 0.717) is 28.6 Å². The van der Waals surface area contributed by atoms with Crippen molar-refractivity contribution in [1.29, 1.82) is 0 Å². The van der Waals surface area contributed by atoms with E-state index >= 15 is 0 Å². The quantitative estimate of drug-likeness (QED) is 0.415. The van der Waals surface area contributed by atoms with Crippen molar-refractivity contribution in [3.63, 3.8) is 0 Å². The van der Waals surface area contributed by atoms with Gasteiger partial charge in [-0.2, -0.15) is 0 Å². The SMILES string of the molecule is CC(C)Sc1ccc(C(=O)Nc2ccc(S)cc2)cc1NC=O. The topological polar surface area (TPSA) is 58.2 Å². The maximum absolute atomic E-state index is 12.3. The Balaban J connectivity index is 2.21. The molecule has 4 nitrogen and oxygen atoms in total. The average Bonchev–Trinajstić information content (AvgIpc) is 2.51. The molecule has 2 rings (SSSR count). The van der Waals surface area contributed by atoms with Gasteiger partial charge >= 0.3 is 0 Å². The second-order valence-electron chi connectivity index (χ2n) is 5.14. The van der Waals surface area contributed by atoms with Crippen LogP contribution < -0.4 is 10.6 Å². The number of carbonyl (C=O) groups excluding carboxylic acids is 2. The summed E-state index contributed by atoms with van der Waals surface area (Å²) < 4.78 is 0. The zero-order chi connectivity index (χ0) is 16.8. The molecule has 120 valence electrons. The number of nitrogens with one attached hydrogen (secondary N) is 2. The molecule has 0 aliphatic heterocycles. The lowest BCUT2D eigenvalue weighted by molar-refractivity contribution is -0.105. The van der Waals surface area contributed by atoms with Crippen molar-refractivity contribution in [3.8, 4) is 0 Å². The summed E-state index contributed by atoms with van der Waals surface area (Å²) >= 11 is 5.84. The lowest BCUT2D eigenvalue weighted by Crippen LogP contribution is -2.12. The Morgan fingerprint density at radius 1 is 1.17 bits per heavy atom. The molecule has 0 spiro atoms. The van der Waals surface area contributed by atoms with Crippen LogP contribution in [0.5, 0.6) is 0 Å². The minimum atomic E-state index is -0.230. The molecule has 0 aliphatic rings. The third-order valence-electron chi connectivity index (χ3n) is 2.94. The molecule has 0 fully saturated rings. The highest BCUT2D eigenvalue weighted by Gasteiger charge is 2.11. The maximum Gasteiger partial charge on any atom is 0.255 e. The Bertz CT molecular complexity index is 700. The maximum atomic E-state index is 12.3. The predicted molar refractivity (Wildman–Crippen MR) is 98.8 cm³/mol. The summed E-state index contributed by atoms with van der Waals surface area (Å²) in [6.45, 7) is 4.14. The van der Waals surface area contributed by atoms with E-state index in [2.05, 4.69) is 37.1 Å². The number of thiol groups is 1. The van der Waals surface area contributed by atoms with Gasteiger partial charge in [-0.05, 0) is 42.5 Å². The summed E-state index contributed by atoms with van der Waals surface area (Å²) in [6, 6.07) is 12.5. The van der Waals surface area contributed by atoms with E-state index in [0.717, 1.165) is 9.79 Å². The number of benzene rings is 2. The molecule has 0 unspecified atom stereocenters. The zero-order valence-corrected chi connectivity index (χ0v) is 14.6. The normalized spacial score (nSPS) is 10.4. The highest BCUT2D eigenvalue weighted by Crippen LogP contribution is 2.31.